The number of nitrogens with one attached hydrogen (secondary N) is 1. The lowest BCUT2D eigenvalue weighted by atomic mass is 10.0. The second-order valence-electron chi connectivity index (χ2n) is 6.76. The minimum absolute atomic E-state index is 0.0450. The summed E-state index contributed by atoms with van der Waals surface area (Å²) in [4.78, 5) is 12.6. The predicted octanol–water partition coefficient (Wildman–Crippen LogP) is 3.29. The first kappa shape index (κ1) is 18.4. The molecule has 1 aliphatic heterocycles. The first-order valence-electron chi connectivity index (χ1n) is 8.67. The fraction of sp³-hybridized carbons (Fsp3) is 0.444. The Morgan fingerprint density at radius 3 is 2.54 bits per heavy atom. The predicted molar refractivity (Wildman–Crippen MR) is 100 cm³/mol. The van der Waals surface area contributed by atoms with Crippen LogP contribution in [0.3, 0.4) is 0 Å². The van der Waals surface area contributed by atoms with Gasteiger partial charge in [0.25, 0.3) is 5.91 Å². The summed E-state index contributed by atoms with van der Waals surface area (Å²) in [6.45, 7) is 6.09. The lowest BCUT2D eigenvalue weighted by molar-refractivity contribution is 0.102. The topological polar surface area (TPSA) is 92.5 Å². The molecule has 3 rings (SSSR count). The molecule has 7 nitrogen and oxygen atoms in total. The highest BCUT2D eigenvalue weighted by Gasteiger charge is 2.26. The molecule has 2 heterocycles. The smallest absolute Gasteiger partial charge is 0.261 e. The van der Waals surface area contributed by atoms with Crippen molar-refractivity contribution in [3.05, 3.63) is 41.3 Å². The van der Waals surface area contributed by atoms with Gasteiger partial charge in [-0.25, -0.2) is 8.42 Å². The van der Waals surface area contributed by atoms with Crippen molar-refractivity contribution in [2.24, 2.45) is 0 Å². The zero-order valence-electron chi connectivity index (χ0n) is 15.2. The summed E-state index contributed by atoms with van der Waals surface area (Å²) in [7, 11) is -3.24. The van der Waals surface area contributed by atoms with Gasteiger partial charge in [-0.3, -0.25) is 9.10 Å². The fourth-order valence-corrected chi connectivity index (χ4v) is 4.68. The summed E-state index contributed by atoms with van der Waals surface area (Å²) in [6.07, 6.45) is 1.55. The quantitative estimate of drug-likeness (QED) is 0.882. The van der Waals surface area contributed by atoms with E-state index in [9.17, 15) is 13.2 Å². The molecular formula is C18H23N3O4S. The highest BCUT2D eigenvalue weighted by molar-refractivity contribution is 7.92. The zero-order chi connectivity index (χ0) is 18.9. The average Bonchev–Trinajstić information content (AvgIpc) is 2.97. The van der Waals surface area contributed by atoms with Crippen LogP contribution in [0.5, 0.6) is 0 Å². The number of hydrogen-bond donors (Lipinski definition) is 1. The van der Waals surface area contributed by atoms with Gasteiger partial charge in [0, 0.05) is 18.2 Å². The van der Waals surface area contributed by atoms with Gasteiger partial charge >= 0.3 is 0 Å². The summed E-state index contributed by atoms with van der Waals surface area (Å²) in [6, 6.07) is 6.83. The largest absolute Gasteiger partial charge is 0.360 e. The Kier molecular flexibility index (Phi) is 5.04. The third-order valence-corrected chi connectivity index (χ3v) is 6.27. The molecule has 0 spiro atoms. The molecule has 1 aliphatic rings. The molecule has 26 heavy (non-hydrogen) atoms. The molecule has 1 aromatic heterocycles. The van der Waals surface area contributed by atoms with Crippen LogP contribution >= 0.6 is 0 Å². The first-order chi connectivity index (χ1) is 12.3. The van der Waals surface area contributed by atoms with Crippen LogP contribution in [0.25, 0.3) is 0 Å². The molecule has 0 atom stereocenters. The Balaban J connectivity index is 1.78. The molecule has 0 bridgehead atoms. The number of rotatable bonds is 4. The van der Waals surface area contributed by atoms with Crippen molar-refractivity contribution in [3.63, 3.8) is 0 Å². The maximum Gasteiger partial charge on any atom is 0.261 e. The van der Waals surface area contributed by atoms with Crippen LogP contribution in [0.4, 0.5) is 11.4 Å². The van der Waals surface area contributed by atoms with Gasteiger partial charge in [-0.1, -0.05) is 19.0 Å². The molecule has 1 aromatic carbocycles. The Hall–Kier alpha value is -2.35. The van der Waals surface area contributed by atoms with Crippen LogP contribution in [-0.4, -0.2) is 31.8 Å². The maximum atomic E-state index is 12.6. The Morgan fingerprint density at radius 1 is 1.23 bits per heavy atom. The van der Waals surface area contributed by atoms with Crippen LogP contribution < -0.4 is 9.62 Å². The Labute approximate surface area is 153 Å². The minimum Gasteiger partial charge on any atom is -0.360 e. The van der Waals surface area contributed by atoms with E-state index >= 15 is 0 Å². The summed E-state index contributed by atoms with van der Waals surface area (Å²) in [5.41, 5.74) is 2.19. The number of aryl methyl sites for hydroxylation is 1. The highest BCUT2D eigenvalue weighted by Crippen LogP contribution is 2.26. The van der Waals surface area contributed by atoms with Crippen LogP contribution in [-0.2, 0) is 10.0 Å². The normalized spacial score (nSPS) is 16.7. The zero-order valence-corrected chi connectivity index (χ0v) is 16.0. The van der Waals surface area contributed by atoms with Crippen molar-refractivity contribution in [1.82, 2.24) is 5.16 Å². The van der Waals surface area contributed by atoms with Gasteiger partial charge in [0.05, 0.1) is 17.1 Å². The molecule has 0 saturated carbocycles. The third kappa shape index (κ3) is 3.60. The SMILES string of the molecule is Cc1noc(C(C)C)c1C(=O)Nc1ccc(N2CCCCS2(=O)=O)cc1. The van der Waals surface area contributed by atoms with E-state index < -0.39 is 10.0 Å². The molecule has 1 saturated heterocycles. The molecule has 0 radical (unpaired) electrons. The summed E-state index contributed by atoms with van der Waals surface area (Å²) in [5.74, 6) is 0.487. The van der Waals surface area contributed by atoms with E-state index in [0.29, 0.717) is 41.4 Å². The lowest BCUT2D eigenvalue weighted by Crippen LogP contribution is -2.37. The third-order valence-electron chi connectivity index (χ3n) is 4.40. The number of carbonyl (C=O) groups is 1. The number of benzene rings is 1. The molecule has 0 aliphatic carbocycles. The molecule has 2 aromatic rings. The summed E-state index contributed by atoms with van der Waals surface area (Å²) >= 11 is 0. The minimum atomic E-state index is -3.24. The Bertz CT molecular complexity index is 901. The van der Waals surface area contributed by atoms with Crippen molar-refractivity contribution in [1.29, 1.82) is 0 Å². The van der Waals surface area contributed by atoms with E-state index in [2.05, 4.69) is 10.5 Å². The molecule has 0 unspecified atom stereocenters. The highest BCUT2D eigenvalue weighted by atomic mass is 32.2. The molecule has 1 N–H and O–H groups in total. The second-order valence-corrected chi connectivity index (χ2v) is 8.77. The van der Waals surface area contributed by atoms with Gasteiger partial charge in [0.2, 0.25) is 10.0 Å². The average molecular weight is 377 g/mol. The van der Waals surface area contributed by atoms with Gasteiger partial charge < -0.3 is 9.84 Å². The van der Waals surface area contributed by atoms with Crippen molar-refractivity contribution < 1.29 is 17.7 Å². The number of carbonyl (C=O) groups excluding carboxylic acids is 1. The van der Waals surface area contributed by atoms with Crippen molar-refractivity contribution in [3.8, 4) is 0 Å². The molecule has 1 fully saturated rings. The summed E-state index contributed by atoms with van der Waals surface area (Å²) < 4.78 is 31.0. The van der Waals surface area contributed by atoms with Gasteiger partial charge in [-0.15, -0.1) is 0 Å². The molecule has 8 heteroatoms. The second kappa shape index (κ2) is 7.11. The van der Waals surface area contributed by atoms with E-state index in [1.165, 1.54) is 4.31 Å². The summed E-state index contributed by atoms with van der Waals surface area (Å²) in [5, 5.41) is 6.71. The fourth-order valence-electron chi connectivity index (χ4n) is 3.04. The van der Waals surface area contributed by atoms with E-state index in [4.69, 9.17) is 4.52 Å². The van der Waals surface area contributed by atoms with E-state index in [1.54, 1.807) is 31.2 Å². The van der Waals surface area contributed by atoms with Crippen molar-refractivity contribution in [2.45, 2.75) is 39.5 Å². The van der Waals surface area contributed by atoms with Crippen molar-refractivity contribution >= 4 is 27.3 Å². The maximum absolute atomic E-state index is 12.6. The van der Waals surface area contributed by atoms with Gasteiger partial charge in [0.1, 0.15) is 5.56 Å². The number of anilines is 2. The van der Waals surface area contributed by atoms with Crippen LogP contribution in [0, 0.1) is 6.92 Å². The van der Waals surface area contributed by atoms with E-state index in [-0.39, 0.29) is 17.6 Å². The molecule has 1 amide bonds. The monoisotopic (exact) mass is 377 g/mol. The number of nitrogens with zero attached hydrogens (tertiary/aromatic N) is 2. The number of hydrogen-bond acceptors (Lipinski definition) is 5. The van der Waals surface area contributed by atoms with Crippen LogP contribution in [0.15, 0.2) is 28.8 Å². The first-order valence-corrected chi connectivity index (χ1v) is 10.3. The number of sulfonamides is 1. The van der Waals surface area contributed by atoms with Crippen LogP contribution in [0.2, 0.25) is 0 Å². The van der Waals surface area contributed by atoms with E-state index in [0.717, 1.165) is 6.42 Å². The van der Waals surface area contributed by atoms with Gasteiger partial charge in [-0.05, 0) is 44.0 Å². The van der Waals surface area contributed by atoms with Gasteiger partial charge in [-0.2, -0.15) is 0 Å². The number of amides is 1. The standard InChI is InChI=1S/C18H23N3O4S/c1-12(2)17-16(13(3)20-25-17)18(22)19-14-6-8-15(9-7-14)21-10-4-5-11-26(21,23)24/h6-9,12H,4-5,10-11H2,1-3H3,(H,19,22). The Morgan fingerprint density at radius 2 is 1.92 bits per heavy atom. The van der Waals surface area contributed by atoms with Crippen molar-refractivity contribution in [2.75, 3.05) is 21.9 Å². The molecular weight excluding hydrogens is 354 g/mol. The number of aromatic nitrogens is 1. The van der Waals surface area contributed by atoms with Gasteiger partial charge in [0.15, 0.2) is 5.76 Å². The van der Waals surface area contributed by atoms with E-state index in [1.807, 2.05) is 13.8 Å². The molecule has 140 valence electrons. The van der Waals surface area contributed by atoms with Crippen LogP contribution in [0.1, 0.15) is 54.4 Å². The lowest BCUT2D eigenvalue weighted by Gasteiger charge is -2.28.